The van der Waals surface area contributed by atoms with Crippen molar-refractivity contribution in [2.45, 2.75) is 23.9 Å². The molecule has 3 heterocycles. The molecule has 1 fully saturated rings. The quantitative estimate of drug-likeness (QED) is 0.682. The van der Waals surface area contributed by atoms with Crippen molar-refractivity contribution < 1.29 is 4.79 Å². The standard InChI is InChI=1S/C22H16N2O/c25-17-11-10-16-20-14-7-3-5-13-6-4-8-15(19(13)14)21(20)22(17)24(16)18-9-1-2-12-23-18/h1-12,16,20-22H. The number of carbonyl (C=O) groups excluding carboxylic acids is 1. The molecule has 3 heteroatoms. The molecule has 120 valence electrons. The largest absolute Gasteiger partial charge is 0.338 e. The number of anilines is 1. The van der Waals surface area contributed by atoms with Gasteiger partial charge in [-0.05, 0) is 40.1 Å². The number of fused-ring (bicyclic) bond motifs is 7. The van der Waals surface area contributed by atoms with E-state index in [2.05, 4.69) is 52.4 Å². The predicted octanol–water partition coefficient (Wildman–Crippen LogP) is 3.81. The highest BCUT2D eigenvalue weighted by Gasteiger charge is 2.56. The molecule has 2 aliphatic heterocycles. The summed E-state index contributed by atoms with van der Waals surface area (Å²) < 4.78 is 0. The van der Waals surface area contributed by atoms with Gasteiger partial charge in [0.05, 0.1) is 6.04 Å². The van der Waals surface area contributed by atoms with Crippen molar-refractivity contribution in [1.29, 1.82) is 0 Å². The fourth-order valence-electron chi connectivity index (χ4n) is 5.26. The lowest BCUT2D eigenvalue weighted by atomic mass is 9.85. The Labute approximate surface area is 145 Å². The summed E-state index contributed by atoms with van der Waals surface area (Å²) in [5.41, 5.74) is 2.70. The molecule has 2 aromatic carbocycles. The van der Waals surface area contributed by atoms with E-state index in [4.69, 9.17) is 0 Å². The summed E-state index contributed by atoms with van der Waals surface area (Å²) in [6.07, 6.45) is 5.68. The zero-order valence-electron chi connectivity index (χ0n) is 13.5. The number of carbonyl (C=O) groups is 1. The zero-order valence-corrected chi connectivity index (χ0v) is 13.5. The van der Waals surface area contributed by atoms with Gasteiger partial charge in [-0.25, -0.2) is 4.98 Å². The normalized spacial score (nSPS) is 28.6. The topological polar surface area (TPSA) is 33.2 Å². The van der Waals surface area contributed by atoms with Crippen LogP contribution in [0.3, 0.4) is 0 Å². The van der Waals surface area contributed by atoms with Crippen molar-refractivity contribution in [3.63, 3.8) is 0 Å². The molecule has 1 saturated heterocycles. The highest BCUT2D eigenvalue weighted by Crippen LogP contribution is 2.58. The fraction of sp³-hybridized carbons (Fsp3) is 0.182. The van der Waals surface area contributed by atoms with Gasteiger partial charge in [-0.3, -0.25) is 4.79 Å². The Hall–Kier alpha value is -2.94. The summed E-state index contributed by atoms with van der Waals surface area (Å²) in [7, 11) is 0. The smallest absolute Gasteiger partial charge is 0.178 e. The molecular formula is C22H16N2O. The third-order valence-electron chi connectivity index (χ3n) is 6.07. The Morgan fingerprint density at radius 2 is 1.68 bits per heavy atom. The minimum absolute atomic E-state index is 0.159. The summed E-state index contributed by atoms with van der Waals surface area (Å²) in [6, 6.07) is 19.0. The summed E-state index contributed by atoms with van der Waals surface area (Å²) in [4.78, 5) is 19.7. The number of benzene rings is 2. The van der Waals surface area contributed by atoms with Gasteiger partial charge in [0.1, 0.15) is 11.9 Å². The minimum atomic E-state index is -0.159. The molecule has 3 aliphatic rings. The molecule has 6 rings (SSSR count). The molecule has 3 nitrogen and oxygen atoms in total. The van der Waals surface area contributed by atoms with E-state index in [0.717, 1.165) is 5.82 Å². The van der Waals surface area contributed by atoms with E-state index < -0.39 is 0 Å². The zero-order chi connectivity index (χ0) is 16.5. The molecule has 0 N–H and O–H groups in total. The maximum atomic E-state index is 12.9. The average molecular weight is 324 g/mol. The van der Waals surface area contributed by atoms with Crippen molar-refractivity contribution in [1.82, 2.24) is 4.98 Å². The highest BCUT2D eigenvalue weighted by molar-refractivity contribution is 6.03. The van der Waals surface area contributed by atoms with Crippen LogP contribution in [0, 0.1) is 0 Å². The molecular weight excluding hydrogens is 308 g/mol. The van der Waals surface area contributed by atoms with Crippen LogP contribution in [0.15, 0.2) is 72.9 Å². The van der Waals surface area contributed by atoms with E-state index >= 15 is 0 Å². The van der Waals surface area contributed by atoms with E-state index in [9.17, 15) is 4.79 Å². The van der Waals surface area contributed by atoms with Crippen molar-refractivity contribution in [2.75, 3.05) is 4.90 Å². The predicted molar refractivity (Wildman–Crippen MR) is 97.9 cm³/mol. The van der Waals surface area contributed by atoms with E-state index in [0.29, 0.717) is 5.92 Å². The lowest BCUT2D eigenvalue weighted by Gasteiger charge is -2.33. The number of nitrogens with zero attached hydrogens (tertiary/aromatic N) is 2. The Kier molecular flexibility index (Phi) is 2.44. The number of hydrogen-bond donors (Lipinski definition) is 0. The third-order valence-corrected chi connectivity index (χ3v) is 6.07. The van der Waals surface area contributed by atoms with E-state index in [1.54, 1.807) is 6.08 Å². The highest BCUT2D eigenvalue weighted by atomic mass is 16.1. The molecule has 0 spiro atoms. The second-order valence-corrected chi connectivity index (χ2v) is 7.14. The Bertz CT molecular complexity index is 1050. The van der Waals surface area contributed by atoms with E-state index in [1.807, 2.05) is 24.4 Å². The number of rotatable bonds is 1. The van der Waals surface area contributed by atoms with Gasteiger partial charge in [-0.2, -0.15) is 0 Å². The molecule has 3 aromatic rings. The first kappa shape index (κ1) is 13.4. The second-order valence-electron chi connectivity index (χ2n) is 7.14. The fourth-order valence-corrected chi connectivity index (χ4v) is 5.26. The van der Waals surface area contributed by atoms with Gasteiger partial charge in [0.15, 0.2) is 5.78 Å². The molecule has 0 saturated carbocycles. The summed E-state index contributed by atoms with van der Waals surface area (Å²) >= 11 is 0. The molecule has 1 aliphatic carbocycles. The van der Waals surface area contributed by atoms with Gasteiger partial charge in [0.2, 0.25) is 0 Å². The first-order chi connectivity index (χ1) is 12.3. The van der Waals surface area contributed by atoms with Crippen LogP contribution in [0.4, 0.5) is 5.82 Å². The van der Waals surface area contributed by atoms with Gasteiger partial charge >= 0.3 is 0 Å². The van der Waals surface area contributed by atoms with Crippen LogP contribution in [0.5, 0.6) is 0 Å². The van der Waals surface area contributed by atoms with Crippen LogP contribution in [-0.4, -0.2) is 22.9 Å². The van der Waals surface area contributed by atoms with Crippen LogP contribution in [0.1, 0.15) is 23.0 Å². The van der Waals surface area contributed by atoms with Crippen molar-refractivity contribution in [2.24, 2.45) is 0 Å². The summed E-state index contributed by atoms with van der Waals surface area (Å²) in [5, 5.41) is 2.64. The van der Waals surface area contributed by atoms with E-state index in [-0.39, 0.29) is 23.8 Å². The van der Waals surface area contributed by atoms with Crippen molar-refractivity contribution in [3.05, 3.63) is 84.1 Å². The number of hydrogen-bond acceptors (Lipinski definition) is 3. The number of ketones is 1. The van der Waals surface area contributed by atoms with Gasteiger partial charge in [0.25, 0.3) is 0 Å². The molecule has 2 bridgehead atoms. The molecule has 4 atom stereocenters. The Morgan fingerprint density at radius 3 is 2.44 bits per heavy atom. The first-order valence-corrected chi connectivity index (χ1v) is 8.77. The minimum Gasteiger partial charge on any atom is -0.338 e. The van der Waals surface area contributed by atoms with Crippen LogP contribution >= 0.6 is 0 Å². The second kappa shape index (κ2) is 4.57. The Morgan fingerprint density at radius 1 is 0.880 bits per heavy atom. The average Bonchev–Trinajstić information content (AvgIpc) is 3.12. The van der Waals surface area contributed by atoms with Crippen molar-refractivity contribution >= 4 is 22.4 Å². The third kappa shape index (κ3) is 1.56. The molecule has 25 heavy (non-hydrogen) atoms. The number of pyridine rings is 1. The maximum Gasteiger partial charge on any atom is 0.178 e. The van der Waals surface area contributed by atoms with Crippen LogP contribution in [0.25, 0.3) is 10.8 Å². The summed E-state index contributed by atoms with van der Waals surface area (Å²) in [5.74, 6) is 1.61. The van der Waals surface area contributed by atoms with Crippen LogP contribution in [0.2, 0.25) is 0 Å². The molecule has 4 unspecified atom stereocenters. The van der Waals surface area contributed by atoms with E-state index in [1.165, 1.54) is 21.9 Å². The molecule has 1 aromatic heterocycles. The maximum absolute atomic E-state index is 12.9. The van der Waals surface area contributed by atoms with Gasteiger partial charge < -0.3 is 4.90 Å². The van der Waals surface area contributed by atoms with Crippen molar-refractivity contribution in [3.8, 4) is 0 Å². The van der Waals surface area contributed by atoms with Crippen LogP contribution < -0.4 is 4.90 Å². The first-order valence-electron chi connectivity index (χ1n) is 8.77. The molecule has 0 amide bonds. The van der Waals surface area contributed by atoms with Gasteiger partial charge in [-0.1, -0.05) is 48.5 Å². The SMILES string of the molecule is O=C1C=CC2C3c4cccc5cccc(c45)C3C1N2c1ccccn1. The van der Waals surface area contributed by atoms with Gasteiger partial charge in [-0.15, -0.1) is 0 Å². The molecule has 0 radical (unpaired) electrons. The van der Waals surface area contributed by atoms with Gasteiger partial charge in [0, 0.05) is 18.0 Å². The number of aromatic nitrogens is 1. The Balaban J connectivity index is 1.62. The lowest BCUT2D eigenvalue weighted by Crippen LogP contribution is -2.45. The summed E-state index contributed by atoms with van der Waals surface area (Å²) in [6.45, 7) is 0. The monoisotopic (exact) mass is 324 g/mol. The lowest BCUT2D eigenvalue weighted by molar-refractivity contribution is -0.116. The van der Waals surface area contributed by atoms with Crippen LogP contribution in [-0.2, 0) is 4.79 Å².